The van der Waals surface area contributed by atoms with E-state index in [0.29, 0.717) is 0 Å². The van der Waals surface area contributed by atoms with Crippen LogP contribution in [-0.2, 0) is 0 Å². The van der Waals surface area contributed by atoms with E-state index in [1.54, 1.807) is 0 Å². The fourth-order valence-corrected chi connectivity index (χ4v) is 4.16. The highest BCUT2D eigenvalue weighted by atomic mass is 31.1. The van der Waals surface area contributed by atoms with E-state index < -0.39 is 0 Å². The summed E-state index contributed by atoms with van der Waals surface area (Å²) < 4.78 is 0. The van der Waals surface area contributed by atoms with E-state index in [1.807, 2.05) is 0 Å². The van der Waals surface area contributed by atoms with Crippen molar-refractivity contribution in [1.29, 1.82) is 0 Å². The van der Waals surface area contributed by atoms with Crippen LogP contribution in [0.4, 0.5) is 0 Å². The molecule has 0 aliphatic carbocycles. The van der Waals surface area contributed by atoms with Gasteiger partial charge in [-0.25, -0.2) is 0 Å². The van der Waals surface area contributed by atoms with Crippen molar-refractivity contribution in [1.82, 2.24) is 0 Å². The van der Waals surface area contributed by atoms with Crippen molar-refractivity contribution in [2.45, 2.75) is 117 Å². The van der Waals surface area contributed by atoms with Gasteiger partial charge in [0, 0.05) is 0 Å². The molecule has 0 radical (unpaired) electrons. The molecule has 24 heavy (non-hydrogen) atoms. The fraction of sp³-hybridized carbons (Fsp3) is 0.913. The van der Waals surface area contributed by atoms with Crippen LogP contribution in [0.25, 0.3) is 0 Å². The molecule has 0 aromatic heterocycles. The summed E-state index contributed by atoms with van der Waals surface area (Å²) in [5.41, 5.74) is 0. The third kappa shape index (κ3) is 18.5. The van der Waals surface area contributed by atoms with E-state index in [-0.39, 0.29) is 0 Å². The van der Waals surface area contributed by atoms with Crippen molar-refractivity contribution in [3.05, 3.63) is 12.2 Å². The molecule has 144 valence electrons. The Labute approximate surface area is 156 Å². The van der Waals surface area contributed by atoms with Crippen molar-refractivity contribution in [2.75, 3.05) is 12.3 Å². The summed E-state index contributed by atoms with van der Waals surface area (Å²) in [4.78, 5) is 0. The Balaban J connectivity index is 3.61. The third-order valence-corrected chi connectivity index (χ3v) is 6.18. The molecule has 0 bridgehead atoms. The molecule has 0 N–H and O–H groups in total. The van der Waals surface area contributed by atoms with Crippen LogP contribution in [0.2, 0.25) is 0 Å². The maximum atomic E-state index is 2.55. The quantitative estimate of drug-likeness (QED) is 0.123. The van der Waals surface area contributed by atoms with E-state index in [0.717, 1.165) is 5.92 Å². The highest BCUT2D eigenvalue weighted by Gasteiger charge is 2.04. The second kappa shape index (κ2) is 21.2. The topological polar surface area (TPSA) is 0 Å². The minimum Gasteiger partial charge on any atom is -0.122 e. The molecule has 0 aliphatic rings. The lowest BCUT2D eigenvalue weighted by Gasteiger charge is -2.13. The van der Waals surface area contributed by atoms with Gasteiger partial charge in [0.2, 0.25) is 0 Å². The monoisotopic (exact) mass is 354 g/mol. The maximum absolute atomic E-state index is 2.55. The average molecular weight is 355 g/mol. The highest BCUT2D eigenvalue weighted by molar-refractivity contribution is 7.37. The van der Waals surface area contributed by atoms with Gasteiger partial charge in [0.1, 0.15) is 0 Å². The zero-order chi connectivity index (χ0) is 17.7. The Morgan fingerprint density at radius 1 is 0.667 bits per heavy atom. The van der Waals surface area contributed by atoms with Crippen molar-refractivity contribution >= 4 is 8.58 Å². The van der Waals surface area contributed by atoms with Crippen LogP contribution in [-0.4, -0.2) is 12.3 Å². The summed E-state index contributed by atoms with van der Waals surface area (Å²) in [7, 11) is 1.19. The van der Waals surface area contributed by atoms with Gasteiger partial charge >= 0.3 is 0 Å². The molecular weight excluding hydrogens is 307 g/mol. The number of allylic oxidation sites excluding steroid dienone is 2. The van der Waals surface area contributed by atoms with E-state index in [4.69, 9.17) is 0 Å². The van der Waals surface area contributed by atoms with Crippen LogP contribution in [0.5, 0.6) is 0 Å². The van der Waals surface area contributed by atoms with Crippen LogP contribution in [0.1, 0.15) is 117 Å². The second-order valence-corrected chi connectivity index (χ2v) is 9.15. The smallest absolute Gasteiger partial charge is 0.0233 e. The summed E-state index contributed by atoms with van der Waals surface area (Å²) >= 11 is 0. The van der Waals surface area contributed by atoms with Crippen molar-refractivity contribution in [3.8, 4) is 0 Å². The van der Waals surface area contributed by atoms with Crippen LogP contribution >= 0.6 is 8.58 Å². The third-order valence-electron chi connectivity index (χ3n) is 4.97. The molecule has 0 aliphatic heterocycles. The summed E-state index contributed by atoms with van der Waals surface area (Å²) in [6, 6.07) is 0. The van der Waals surface area contributed by atoms with Gasteiger partial charge in [-0.15, -0.1) is 8.58 Å². The molecular formula is C23H47P. The van der Waals surface area contributed by atoms with E-state index in [1.165, 1.54) is 117 Å². The second-order valence-electron chi connectivity index (χ2n) is 7.44. The predicted molar refractivity (Wildman–Crippen MR) is 117 cm³/mol. The molecule has 0 nitrogen and oxygen atoms in total. The molecule has 2 unspecified atom stereocenters. The minimum absolute atomic E-state index is 0.868. The number of rotatable bonds is 19. The van der Waals surface area contributed by atoms with Gasteiger partial charge in [0.25, 0.3) is 0 Å². The predicted octanol–water partition coefficient (Wildman–Crippen LogP) is 8.75. The molecule has 0 spiro atoms. The summed E-state index contributed by atoms with van der Waals surface area (Å²) in [6.45, 7) is 6.90. The fourth-order valence-electron chi connectivity index (χ4n) is 3.35. The lowest BCUT2D eigenvalue weighted by Crippen LogP contribution is -1.98. The summed E-state index contributed by atoms with van der Waals surface area (Å²) in [5, 5.41) is 0. The van der Waals surface area contributed by atoms with Crippen molar-refractivity contribution in [2.24, 2.45) is 5.92 Å². The zero-order valence-electron chi connectivity index (χ0n) is 17.3. The zero-order valence-corrected chi connectivity index (χ0v) is 18.3. The first-order chi connectivity index (χ1) is 11.8. The van der Waals surface area contributed by atoms with Gasteiger partial charge in [-0.1, -0.05) is 104 Å². The first kappa shape index (κ1) is 24.2. The lowest BCUT2D eigenvalue weighted by atomic mass is 9.95. The summed E-state index contributed by atoms with van der Waals surface area (Å²) in [5.74, 6) is 0.868. The van der Waals surface area contributed by atoms with Gasteiger partial charge in [0.15, 0.2) is 0 Å². The van der Waals surface area contributed by atoms with Crippen LogP contribution < -0.4 is 0 Å². The minimum atomic E-state index is 0.868. The van der Waals surface area contributed by atoms with Gasteiger partial charge in [-0.2, -0.15) is 0 Å². The Morgan fingerprint density at radius 2 is 1.25 bits per heavy atom. The van der Waals surface area contributed by atoms with Crippen LogP contribution in [0, 0.1) is 5.92 Å². The van der Waals surface area contributed by atoms with E-state index in [2.05, 4.69) is 32.9 Å². The molecule has 0 aromatic carbocycles. The van der Waals surface area contributed by atoms with Gasteiger partial charge in [0.05, 0.1) is 0 Å². The maximum Gasteiger partial charge on any atom is -0.0233 e. The highest BCUT2D eigenvalue weighted by Crippen LogP contribution is 2.21. The molecule has 2 atom stereocenters. The lowest BCUT2D eigenvalue weighted by molar-refractivity contribution is 0.485. The standard InChI is InChI=1S/C23H47P/c1-4-7-9-10-11-12-13-14-15-17-20-23(19-16-8-5-2)21-18-22-24-6-3/h16,19,23-24H,4-15,17-18,20-22H2,1-3H3. The summed E-state index contributed by atoms with van der Waals surface area (Å²) in [6.07, 6.45) is 29.3. The van der Waals surface area contributed by atoms with E-state index in [9.17, 15) is 0 Å². The Bertz CT molecular complexity index is 246. The first-order valence-corrected chi connectivity index (χ1v) is 12.6. The van der Waals surface area contributed by atoms with Crippen LogP contribution in [0.15, 0.2) is 12.2 Å². The molecule has 0 fully saturated rings. The van der Waals surface area contributed by atoms with Crippen molar-refractivity contribution < 1.29 is 0 Å². The normalized spacial score (nSPS) is 13.5. The molecule has 0 heterocycles. The number of unbranched alkanes of at least 4 members (excludes halogenated alkanes) is 10. The Kier molecular flexibility index (Phi) is 21.4. The Hall–Kier alpha value is 0.170. The molecule has 0 saturated heterocycles. The van der Waals surface area contributed by atoms with Gasteiger partial charge in [-0.3, -0.25) is 0 Å². The number of hydrogen-bond donors (Lipinski definition) is 0. The van der Waals surface area contributed by atoms with Crippen LogP contribution in [0.3, 0.4) is 0 Å². The molecule has 0 saturated carbocycles. The molecule has 1 heteroatoms. The van der Waals surface area contributed by atoms with Gasteiger partial charge < -0.3 is 0 Å². The molecule has 0 rings (SSSR count). The van der Waals surface area contributed by atoms with Crippen molar-refractivity contribution in [3.63, 3.8) is 0 Å². The molecule has 0 aromatic rings. The van der Waals surface area contributed by atoms with E-state index >= 15 is 0 Å². The number of hydrogen-bond acceptors (Lipinski definition) is 0. The van der Waals surface area contributed by atoms with Gasteiger partial charge in [-0.05, 0) is 43.9 Å². The average Bonchev–Trinajstić information content (AvgIpc) is 2.59. The SMILES string of the molecule is CCCC=CC(CCCCCCCCCCCC)CCCPCC. The largest absolute Gasteiger partial charge is 0.122 e. The first-order valence-electron chi connectivity index (χ1n) is 11.2. The Morgan fingerprint density at radius 3 is 1.83 bits per heavy atom. The molecule has 0 amide bonds.